The van der Waals surface area contributed by atoms with Crippen LogP contribution in [0.4, 0.5) is 0 Å². The molecule has 1 heterocycles. The Balaban J connectivity index is 2.10. The van der Waals surface area contributed by atoms with Gasteiger partial charge in [-0.15, -0.1) is 0 Å². The van der Waals surface area contributed by atoms with Crippen molar-refractivity contribution in [3.63, 3.8) is 0 Å². The Morgan fingerprint density at radius 3 is 1.60 bits per heavy atom. The van der Waals surface area contributed by atoms with E-state index in [1.54, 1.807) is 6.08 Å². The van der Waals surface area contributed by atoms with E-state index in [1.165, 1.54) is 103 Å². The lowest BCUT2D eigenvalue weighted by atomic mass is 9.99. The molecular formula is C57H101NO10. The summed E-state index contributed by atoms with van der Waals surface area (Å²) in [4.78, 5) is 25.0. The molecule has 1 rings (SSSR count). The van der Waals surface area contributed by atoms with Crippen molar-refractivity contribution in [1.29, 1.82) is 0 Å². The van der Waals surface area contributed by atoms with Crippen LogP contribution in [0.1, 0.15) is 226 Å². The summed E-state index contributed by atoms with van der Waals surface area (Å²) in [6.45, 7) is 4.02. The Morgan fingerprint density at radius 1 is 0.574 bits per heavy atom. The second-order valence-electron chi connectivity index (χ2n) is 19.0. The first-order valence-electron chi connectivity index (χ1n) is 27.5. The highest BCUT2D eigenvalue weighted by molar-refractivity contribution is 5.76. The Labute approximate surface area is 414 Å². The summed E-state index contributed by atoms with van der Waals surface area (Å²) in [6.07, 6.45) is 49.1. The monoisotopic (exact) mass is 960 g/mol. The number of rotatable bonds is 46. The van der Waals surface area contributed by atoms with Crippen molar-refractivity contribution >= 4 is 11.9 Å². The lowest BCUT2D eigenvalue weighted by molar-refractivity contribution is -0.302. The predicted molar refractivity (Wildman–Crippen MR) is 278 cm³/mol. The predicted octanol–water partition coefficient (Wildman–Crippen LogP) is 11.9. The molecule has 1 amide bonds. The number of carbonyl (C=O) groups is 2. The lowest BCUT2D eigenvalue weighted by Crippen LogP contribution is -2.60. The molecular weight excluding hydrogens is 859 g/mol. The molecule has 6 N–H and O–H groups in total. The van der Waals surface area contributed by atoms with Gasteiger partial charge in [0, 0.05) is 12.8 Å². The first kappa shape index (κ1) is 63.4. The van der Waals surface area contributed by atoms with Gasteiger partial charge in [-0.3, -0.25) is 9.59 Å². The maximum atomic E-state index is 13.0. The summed E-state index contributed by atoms with van der Waals surface area (Å²) >= 11 is 0. The van der Waals surface area contributed by atoms with E-state index in [-0.39, 0.29) is 18.5 Å². The molecule has 0 spiro atoms. The molecule has 0 aliphatic carbocycles. The summed E-state index contributed by atoms with van der Waals surface area (Å²) in [5.41, 5.74) is 0. The lowest BCUT2D eigenvalue weighted by Gasteiger charge is -2.40. The second-order valence-corrected chi connectivity index (χ2v) is 19.0. The Morgan fingerprint density at radius 2 is 1.06 bits per heavy atom. The Hall–Kier alpha value is -2.64. The van der Waals surface area contributed by atoms with Gasteiger partial charge in [0.05, 0.1) is 32.0 Å². The average molecular weight is 960 g/mol. The topological polar surface area (TPSA) is 175 Å². The number of hydrogen-bond acceptors (Lipinski definition) is 10. The van der Waals surface area contributed by atoms with Gasteiger partial charge >= 0.3 is 5.97 Å². The summed E-state index contributed by atoms with van der Waals surface area (Å²) in [5.74, 6) is -0.241. The zero-order valence-corrected chi connectivity index (χ0v) is 43.0. The van der Waals surface area contributed by atoms with Crippen LogP contribution in [-0.4, -0.2) is 100 Å². The van der Waals surface area contributed by atoms with Crippen LogP contribution >= 0.6 is 0 Å². The molecule has 7 atom stereocenters. The van der Waals surface area contributed by atoms with E-state index < -0.39 is 49.5 Å². The van der Waals surface area contributed by atoms with Gasteiger partial charge in [-0.05, 0) is 84.0 Å². The molecule has 1 saturated heterocycles. The number of hydrogen-bond donors (Lipinski definition) is 6. The standard InChI is InChI=1S/C57H101NO10/c1-3-5-7-9-11-13-14-25-29-33-37-41-45-53(62)66-46-42-38-34-30-26-23-21-19-17-15-16-18-20-22-24-28-32-36-40-44-52(61)58-49(50(60)43-39-35-31-27-12-10-8-6-4-2)48-67-57-56(65)55(64)54(63)51(47-59)68-57/h4,6,12,19,21,23,26-27,39,43,49-51,54-57,59-60,63-65H,3,5,7-11,13-18,20,22,24-25,28-38,40-42,44-48H2,1-2H3,(H,58,61)/b6-4+,21-19-,26-23-,27-12+,43-39+. The van der Waals surface area contributed by atoms with Gasteiger partial charge in [0.25, 0.3) is 0 Å². The highest BCUT2D eigenvalue weighted by atomic mass is 16.7. The highest BCUT2D eigenvalue weighted by Crippen LogP contribution is 2.23. The molecule has 68 heavy (non-hydrogen) atoms. The first-order valence-corrected chi connectivity index (χ1v) is 27.5. The van der Waals surface area contributed by atoms with Crippen molar-refractivity contribution in [3.8, 4) is 0 Å². The van der Waals surface area contributed by atoms with Crippen LogP contribution in [0.2, 0.25) is 0 Å². The number of esters is 1. The molecule has 0 saturated carbocycles. The number of amides is 1. The van der Waals surface area contributed by atoms with E-state index in [0.29, 0.717) is 25.9 Å². The van der Waals surface area contributed by atoms with Crippen LogP contribution in [0.5, 0.6) is 0 Å². The molecule has 1 aliphatic rings. The zero-order valence-electron chi connectivity index (χ0n) is 43.0. The van der Waals surface area contributed by atoms with E-state index in [1.807, 2.05) is 19.1 Å². The first-order chi connectivity index (χ1) is 33.2. The number of aliphatic hydroxyl groups excluding tert-OH is 5. The maximum Gasteiger partial charge on any atom is 0.305 e. The van der Waals surface area contributed by atoms with Crippen molar-refractivity contribution in [1.82, 2.24) is 5.32 Å². The van der Waals surface area contributed by atoms with Crippen molar-refractivity contribution in [2.24, 2.45) is 0 Å². The van der Waals surface area contributed by atoms with Gasteiger partial charge in [-0.25, -0.2) is 0 Å². The molecule has 11 heteroatoms. The molecule has 1 fully saturated rings. The third-order valence-electron chi connectivity index (χ3n) is 12.7. The second kappa shape index (κ2) is 46.7. The van der Waals surface area contributed by atoms with Gasteiger partial charge in [-0.1, -0.05) is 190 Å². The van der Waals surface area contributed by atoms with Crippen molar-refractivity contribution in [3.05, 3.63) is 60.8 Å². The third kappa shape index (κ3) is 36.3. The number of ether oxygens (including phenoxy) is 3. The average Bonchev–Trinajstić information content (AvgIpc) is 3.33. The molecule has 7 unspecified atom stereocenters. The Bertz CT molecular complexity index is 1310. The normalized spacial score (nSPS) is 19.9. The van der Waals surface area contributed by atoms with E-state index in [4.69, 9.17) is 14.2 Å². The minimum absolute atomic E-state index is 0.0298. The van der Waals surface area contributed by atoms with Crippen LogP contribution in [0, 0.1) is 0 Å². The van der Waals surface area contributed by atoms with Gasteiger partial charge in [0.15, 0.2) is 6.29 Å². The van der Waals surface area contributed by atoms with Gasteiger partial charge < -0.3 is 45.1 Å². The minimum Gasteiger partial charge on any atom is -0.466 e. The molecule has 1 aliphatic heterocycles. The van der Waals surface area contributed by atoms with Crippen LogP contribution in [0.3, 0.4) is 0 Å². The third-order valence-corrected chi connectivity index (χ3v) is 12.7. The summed E-state index contributed by atoms with van der Waals surface area (Å²) in [6, 6.07) is -0.841. The van der Waals surface area contributed by atoms with Crippen LogP contribution in [0.15, 0.2) is 60.8 Å². The number of nitrogens with one attached hydrogen (secondary N) is 1. The number of aliphatic hydroxyl groups is 5. The largest absolute Gasteiger partial charge is 0.466 e. The molecule has 0 aromatic heterocycles. The molecule has 0 radical (unpaired) electrons. The zero-order chi connectivity index (χ0) is 49.6. The van der Waals surface area contributed by atoms with Crippen LogP contribution < -0.4 is 5.32 Å². The van der Waals surface area contributed by atoms with Gasteiger partial charge in [-0.2, -0.15) is 0 Å². The molecule has 11 nitrogen and oxygen atoms in total. The number of carbonyl (C=O) groups excluding carboxylic acids is 2. The smallest absolute Gasteiger partial charge is 0.305 e. The number of unbranched alkanes of at least 4 members (excludes halogenated alkanes) is 26. The number of allylic oxidation sites excluding steroid dienone is 9. The van der Waals surface area contributed by atoms with Gasteiger partial charge in [0.2, 0.25) is 5.91 Å². The summed E-state index contributed by atoms with van der Waals surface area (Å²) < 4.78 is 16.6. The highest BCUT2D eigenvalue weighted by Gasteiger charge is 2.44. The molecule has 0 bridgehead atoms. The van der Waals surface area contributed by atoms with E-state index in [9.17, 15) is 35.1 Å². The molecule has 0 aromatic carbocycles. The van der Waals surface area contributed by atoms with E-state index >= 15 is 0 Å². The molecule has 394 valence electrons. The quantitative estimate of drug-likeness (QED) is 0.0149. The fourth-order valence-electron chi connectivity index (χ4n) is 8.29. The van der Waals surface area contributed by atoms with Crippen molar-refractivity contribution in [2.75, 3.05) is 19.8 Å². The SMILES string of the molecule is C/C=C/CC/C=C/CC/C=C/C(O)C(COC1OC(CO)C(O)C(O)C1O)NC(=O)CCCCCCCCCCCC/C=C\C=C/CCCCCOC(=O)CCCCCCCCCCCCCC. The van der Waals surface area contributed by atoms with Crippen molar-refractivity contribution < 1.29 is 49.3 Å². The maximum absolute atomic E-state index is 13.0. The van der Waals surface area contributed by atoms with Crippen LogP contribution in [-0.2, 0) is 23.8 Å². The Kier molecular flexibility index (Phi) is 43.5. The van der Waals surface area contributed by atoms with E-state index in [0.717, 1.165) is 89.9 Å². The van der Waals surface area contributed by atoms with E-state index in [2.05, 4.69) is 54.8 Å². The fraction of sp³-hybridized carbons (Fsp3) is 0.789. The summed E-state index contributed by atoms with van der Waals surface area (Å²) in [5, 5.41) is 54.1. The minimum atomic E-state index is -1.58. The van der Waals surface area contributed by atoms with Crippen LogP contribution in [0.25, 0.3) is 0 Å². The summed E-state index contributed by atoms with van der Waals surface area (Å²) in [7, 11) is 0. The van der Waals surface area contributed by atoms with Gasteiger partial charge in [0.1, 0.15) is 24.4 Å². The van der Waals surface area contributed by atoms with Crippen molar-refractivity contribution in [2.45, 2.75) is 269 Å². The molecule has 0 aromatic rings. The fourth-order valence-corrected chi connectivity index (χ4v) is 8.29.